The maximum absolute atomic E-state index is 9.46. The quantitative estimate of drug-likeness (QED) is 0.555. The Bertz CT molecular complexity index is 359. The molecule has 4 nitrogen and oxygen atoms in total. The van der Waals surface area contributed by atoms with Crippen molar-refractivity contribution in [2.75, 3.05) is 26.2 Å². The van der Waals surface area contributed by atoms with Gasteiger partial charge in [0, 0.05) is 0 Å². The van der Waals surface area contributed by atoms with Crippen LogP contribution in [-0.2, 0) is 0 Å². The van der Waals surface area contributed by atoms with Crippen molar-refractivity contribution in [3.05, 3.63) is 29.3 Å². The summed E-state index contributed by atoms with van der Waals surface area (Å²) in [5.74, 6) is 0.815. The molecule has 0 saturated heterocycles. The van der Waals surface area contributed by atoms with Crippen LogP contribution in [0.15, 0.2) is 18.2 Å². The van der Waals surface area contributed by atoms with Crippen LogP contribution < -0.4 is 16.8 Å². The SMILES string of the molecule is Cc1ccc(C(C)C)c(O)c1.NCCCCNCCCN. The van der Waals surface area contributed by atoms with Gasteiger partial charge in [0.05, 0.1) is 0 Å². The van der Waals surface area contributed by atoms with Crippen LogP contribution in [-0.4, -0.2) is 31.3 Å². The molecular weight excluding hydrogens is 262 g/mol. The lowest BCUT2D eigenvalue weighted by atomic mass is 10.0. The molecule has 4 heteroatoms. The zero-order chi connectivity index (χ0) is 16.1. The molecule has 0 amide bonds. The number of phenolic OH excluding ortho intramolecular Hbond substituents is 1. The van der Waals surface area contributed by atoms with Gasteiger partial charge >= 0.3 is 0 Å². The van der Waals surface area contributed by atoms with Gasteiger partial charge in [0.2, 0.25) is 0 Å². The van der Waals surface area contributed by atoms with E-state index in [1.807, 2.05) is 19.1 Å². The highest BCUT2D eigenvalue weighted by molar-refractivity contribution is 5.37. The smallest absolute Gasteiger partial charge is 0.119 e. The van der Waals surface area contributed by atoms with Crippen molar-refractivity contribution in [3.8, 4) is 5.75 Å². The summed E-state index contributed by atoms with van der Waals surface area (Å²) in [6, 6.07) is 5.81. The molecule has 0 bridgehead atoms. The van der Waals surface area contributed by atoms with Gasteiger partial charge in [-0.1, -0.05) is 26.0 Å². The van der Waals surface area contributed by atoms with Crippen LogP contribution in [0.4, 0.5) is 0 Å². The first kappa shape index (κ1) is 19.9. The Kier molecular flexibility index (Phi) is 12.0. The third-order valence-electron chi connectivity index (χ3n) is 3.17. The van der Waals surface area contributed by atoms with Gasteiger partial charge < -0.3 is 21.9 Å². The Morgan fingerprint density at radius 3 is 2.19 bits per heavy atom. The summed E-state index contributed by atoms with van der Waals surface area (Å²) in [5.41, 5.74) is 12.8. The van der Waals surface area contributed by atoms with E-state index < -0.39 is 0 Å². The fourth-order valence-electron chi connectivity index (χ4n) is 1.89. The van der Waals surface area contributed by atoms with Crippen LogP contribution in [0.5, 0.6) is 5.75 Å². The number of hydrogen-bond donors (Lipinski definition) is 4. The Morgan fingerprint density at radius 2 is 1.67 bits per heavy atom. The highest BCUT2D eigenvalue weighted by atomic mass is 16.3. The van der Waals surface area contributed by atoms with Crippen molar-refractivity contribution in [3.63, 3.8) is 0 Å². The van der Waals surface area contributed by atoms with E-state index in [0.717, 1.165) is 50.1 Å². The number of benzene rings is 1. The monoisotopic (exact) mass is 295 g/mol. The third-order valence-corrected chi connectivity index (χ3v) is 3.17. The highest BCUT2D eigenvalue weighted by Crippen LogP contribution is 2.25. The van der Waals surface area contributed by atoms with Gasteiger partial charge in [-0.05, 0) is 75.5 Å². The Morgan fingerprint density at radius 1 is 1.05 bits per heavy atom. The molecule has 0 aromatic heterocycles. The van der Waals surface area contributed by atoms with E-state index in [9.17, 15) is 5.11 Å². The average Bonchev–Trinajstić information content (AvgIpc) is 2.43. The summed E-state index contributed by atoms with van der Waals surface area (Å²) >= 11 is 0. The second-order valence-corrected chi connectivity index (χ2v) is 5.60. The van der Waals surface area contributed by atoms with Crippen molar-refractivity contribution in [2.45, 2.75) is 46.0 Å². The Balaban J connectivity index is 0.000000384. The lowest BCUT2D eigenvalue weighted by molar-refractivity contribution is 0.464. The maximum Gasteiger partial charge on any atom is 0.119 e. The van der Waals surface area contributed by atoms with Crippen molar-refractivity contribution in [1.82, 2.24) is 5.32 Å². The molecule has 21 heavy (non-hydrogen) atoms. The van der Waals surface area contributed by atoms with Crippen molar-refractivity contribution >= 4 is 0 Å². The standard InChI is InChI=1S/C10H14O.C7H19N3/c1-7(2)9-5-4-8(3)6-10(9)11;8-4-1-2-6-10-7-3-5-9/h4-7,11H,1-3H3;10H,1-9H2. The van der Waals surface area contributed by atoms with E-state index in [4.69, 9.17) is 11.5 Å². The van der Waals surface area contributed by atoms with Crippen molar-refractivity contribution in [2.24, 2.45) is 11.5 Å². The van der Waals surface area contributed by atoms with E-state index in [1.54, 1.807) is 6.07 Å². The van der Waals surface area contributed by atoms with Crippen molar-refractivity contribution in [1.29, 1.82) is 0 Å². The lowest BCUT2D eigenvalue weighted by Gasteiger charge is -2.07. The van der Waals surface area contributed by atoms with Crippen LogP contribution in [0.25, 0.3) is 0 Å². The molecule has 0 fully saturated rings. The van der Waals surface area contributed by atoms with Gasteiger partial charge in [0.25, 0.3) is 0 Å². The van der Waals surface area contributed by atoms with Crippen LogP contribution in [0, 0.1) is 6.92 Å². The first-order chi connectivity index (χ1) is 10.0. The zero-order valence-corrected chi connectivity index (χ0v) is 13.9. The Labute approximate surface area is 129 Å². The second kappa shape index (κ2) is 12.6. The molecule has 0 aliphatic carbocycles. The Hall–Kier alpha value is -1.10. The largest absolute Gasteiger partial charge is 0.508 e. The first-order valence-corrected chi connectivity index (χ1v) is 7.93. The van der Waals surface area contributed by atoms with E-state index in [-0.39, 0.29) is 0 Å². The van der Waals surface area contributed by atoms with Gasteiger partial charge in [-0.25, -0.2) is 0 Å². The van der Waals surface area contributed by atoms with Gasteiger partial charge in [0.15, 0.2) is 0 Å². The van der Waals surface area contributed by atoms with Crippen molar-refractivity contribution < 1.29 is 5.11 Å². The summed E-state index contributed by atoms with van der Waals surface area (Å²) in [6.07, 6.45) is 3.37. The molecule has 1 aromatic rings. The number of aryl methyl sites for hydroxylation is 1. The molecular formula is C17H33N3O. The molecule has 0 aliphatic rings. The molecule has 1 aromatic carbocycles. The maximum atomic E-state index is 9.46. The number of unbranched alkanes of at least 4 members (excludes halogenated alkanes) is 1. The number of phenols is 1. The summed E-state index contributed by atoms with van der Waals surface area (Å²) < 4.78 is 0. The van der Waals surface area contributed by atoms with Gasteiger partial charge in [-0.3, -0.25) is 0 Å². The summed E-state index contributed by atoms with van der Waals surface area (Å²) in [6.45, 7) is 9.83. The molecule has 0 atom stereocenters. The number of nitrogens with one attached hydrogen (secondary N) is 1. The molecule has 0 aliphatic heterocycles. The number of hydrogen-bond acceptors (Lipinski definition) is 4. The normalized spacial score (nSPS) is 10.4. The lowest BCUT2D eigenvalue weighted by Crippen LogP contribution is -2.19. The van der Waals surface area contributed by atoms with Crippen LogP contribution in [0.2, 0.25) is 0 Å². The number of rotatable bonds is 8. The fraction of sp³-hybridized carbons (Fsp3) is 0.647. The van der Waals surface area contributed by atoms with E-state index >= 15 is 0 Å². The number of aromatic hydroxyl groups is 1. The highest BCUT2D eigenvalue weighted by Gasteiger charge is 2.03. The van der Waals surface area contributed by atoms with Crippen LogP contribution in [0.3, 0.4) is 0 Å². The second-order valence-electron chi connectivity index (χ2n) is 5.60. The molecule has 1 rings (SSSR count). The summed E-state index contributed by atoms with van der Waals surface area (Å²) in [4.78, 5) is 0. The summed E-state index contributed by atoms with van der Waals surface area (Å²) in [5, 5.41) is 12.7. The third kappa shape index (κ3) is 10.3. The van der Waals surface area contributed by atoms with E-state index in [2.05, 4.69) is 19.2 Å². The zero-order valence-electron chi connectivity index (χ0n) is 13.9. The predicted octanol–water partition coefficient (Wildman–Crippen LogP) is 2.49. The predicted molar refractivity (Wildman–Crippen MR) is 91.8 cm³/mol. The fourth-order valence-corrected chi connectivity index (χ4v) is 1.89. The van der Waals surface area contributed by atoms with E-state index in [0.29, 0.717) is 11.7 Å². The van der Waals surface area contributed by atoms with Gasteiger partial charge in [-0.15, -0.1) is 0 Å². The van der Waals surface area contributed by atoms with Gasteiger partial charge in [-0.2, -0.15) is 0 Å². The summed E-state index contributed by atoms with van der Waals surface area (Å²) in [7, 11) is 0. The minimum Gasteiger partial charge on any atom is -0.508 e. The minimum atomic E-state index is 0.399. The molecule has 6 N–H and O–H groups in total. The molecule has 0 spiro atoms. The molecule has 0 unspecified atom stereocenters. The molecule has 122 valence electrons. The molecule has 0 radical (unpaired) electrons. The average molecular weight is 295 g/mol. The van der Waals surface area contributed by atoms with Gasteiger partial charge in [0.1, 0.15) is 5.75 Å². The molecule has 0 heterocycles. The number of nitrogens with two attached hydrogens (primary N) is 2. The topological polar surface area (TPSA) is 84.3 Å². The molecule has 0 saturated carbocycles. The van der Waals surface area contributed by atoms with Crippen LogP contribution in [0.1, 0.15) is 50.2 Å². The van der Waals surface area contributed by atoms with Crippen LogP contribution >= 0.6 is 0 Å². The first-order valence-electron chi connectivity index (χ1n) is 7.93. The minimum absolute atomic E-state index is 0.399. The van der Waals surface area contributed by atoms with E-state index in [1.165, 1.54) is 6.42 Å².